The van der Waals surface area contributed by atoms with E-state index < -0.39 is 0 Å². The minimum absolute atomic E-state index is 0.344. The third-order valence-corrected chi connectivity index (χ3v) is 4.87. The van der Waals surface area contributed by atoms with Crippen molar-refractivity contribution < 1.29 is 5.11 Å². The summed E-state index contributed by atoms with van der Waals surface area (Å²) in [6.07, 6.45) is 5.03. The number of aliphatic hydroxyl groups excluding tert-OH is 1. The molecule has 1 heterocycles. The third-order valence-electron chi connectivity index (χ3n) is 3.64. The highest BCUT2D eigenvalue weighted by molar-refractivity contribution is 7.16. The highest BCUT2D eigenvalue weighted by Crippen LogP contribution is 2.29. The quantitative estimate of drug-likeness (QED) is 0.863. The van der Waals surface area contributed by atoms with Gasteiger partial charge in [0.2, 0.25) is 0 Å². The average molecular weight is 274 g/mol. The molecule has 2 unspecified atom stereocenters. The first-order chi connectivity index (χ1) is 8.29. The Morgan fingerprint density at radius 3 is 2.71 bits per heavy atom. The maximum atomic E-state index is 9.34. The summed E-state index contributed by atoms with van der Waals surface area (Å²) in [6, 6.07) is 4.02. The van der Waals surface area contributed by atoms with Crippen molar-refractivity contribution in [3.05, 3.63) is 21.3 Å². The number of nitrogens with one attached hydrogen (secondary N) is 1. The van der Waals surface area contributed by atoms with Gasteiger partial charge in [-0.3, -0.25) is 0 Å². The average Bonchev–Trinajstić information content (AvgIpc) is 2.76. The fraction of sp³-hybridized carbons (Fsp3) is 0.692. The maximum absolute atomic E-state index is 9.34. The van der Waals surface area contributed by atoms with Crippen molar-refractivity contribution in [1.82, 2.24) is 5.32 Å². The standard InChI is InChI=1S/C13H20ClNOS/c14-13-6-5-12(17-13)8-15-7-10-3-1-2-4-11(10)9-16/h5-6,10-11,15-16H,1-4,7-9H2. The van der Waals surface area contributed by atoms with E-state index in [4.69, 9.17) is 11.6 Å². The van der Waals surface area contributed by atoms with E-state index in [1.807, 2.05) is 6.07 Å². The van der Waals surface area contributed by atoms with E-state index in [1.165, 1.54) is 30.6 Å². The van der Waals surface area contributed by atoms with Gasteiger partial charge in [-0.2, -0.15) is 0 Å². The summed E-state index contributed by atoms with van der Waals surface area (Å²) in [6.45, 7) is 2.25. The van der Waals surface area contributed by atoms with Crippen molar-refractivity contribution in [2.45, 2.75) is 32.2 Å². The van der Waals surface area contributed by atoms with Crippen molar-refractivity contribution >= 4 is 22.9 Å². The molecular formula is C13H20ClNOS. The normalized spacial score (nSPS) is 25.1. The summed E-state index contributed by atoms with van der Waals surface area (Å²) >= 11 is 7.53. The van der Waals surface area contributed by atoms with Crippen LogP contribution in [0, 0.1) is 11.8 Å². The van der Waals surface area contributed by atoms with Crippen LogP contribution in [-0.2, 0) is 6.54 Å². The molecule has 1 aromatic rings. The second-order valence-corrected chi connectivity index (χ2v) is 6.62. The first-order valence-electron chi connectivity index (χ1n) is 6.35. The highest BCUT2D eigenvalue weighted by Gasteiger charge is 2.23. The molecule has 2 N–H and O–H groups in total. The lowest BCUT2D eigenvalue weighted by Crippen LogP contribution is -2.32. The molecule has 2 atom stereocenters. The smallest absolute Gasteiger partial charge is 0.0931 e. The number of hydrogen-bond donors (Lipinski definition) is 2. The van der Waals surface area contributed by atoms with Gasteiger partial charge in [-0.1, -0.05) is 24.4 Å². The lowest BCUT2D eigenvalue weighted by atomic mass is 9.79. The molecule has 1 fully saturated rings. The van der Waals surface area contributed by atoms with Crippen LogP contribution in [0.4, 0.5) is 0 Å². The highest BCUT2D eigenvalue weighted by atomic mass is 35.5. The summed E-state index contributed by atoms with van der Waals surface area (Å²) < 4.78 is 0.854. The summed E-state index contributed by atoms with van der Waals surface area (Å²) in [5.41, 5.74) is 0. The van der Waals surface area contributed by atoms with Gasteiger partial charge in [0.15, 0.2) is 0 Å². The number of rotatable bonds is 5. The minimum Gasteiger partial charge on any atom is -0.396 e. The number of thiophene rings is 1. The van der Waals surface area contributed by atoms with Crippen LogP contribution in [0.2, 0.25) is 4.34 Å². The minimum atomic E-state index is 0.344. The largest absolute Gasteiger partial charge is 0.396 e. The van der Waals surface area contributed by atoms with E-state index in [9.17, 15) is 5.11 Å². The van der Waals surface area contributed by atoms with E-state index in [0.29, 0.717) is 18.4 Å². The number of hydrogen-bond acceptors (Lipinski definition) is 3. The lowest BCUT2D eigenvalue weighted by Gasteiger charge is -2.30. The van der Waals surface area contributed by atoms with Gasteiger partial charge in [-0.25, -0.2) is 0 Å². The Labute approximate surface area is 112 Å². The van der Waals surface area contributed by atoms with Crippen LogP contribution in [0.3, 0.4) is 0 Å². The Morgan fingerprint density at radius 2 is 2.06 bits per heavy atom. The van der Waals surface area contributed by atoms with Crippen molar-refractivity contribution in [1.29, 1.82) is 0 Å². The molecule has 4 heteroatoms. The van der Waals surface area contributed by atoms with Crippen LogP contribution >= 0.6 is 22.9 Å². The van der Waals surface area contributed by atoms with Crippen molar-refractivity contribution in [2.24, 2.45) is 11.8 Å². The van der Waals surface area contributed by atoms with Crippen LogP contribution in [-0.4, -0.2) is 18.3 Å². The van der Waals surface area contributed by atoms with Crippen molar-refractivity contribution in [2.75, 3.05) is 13.2 Å². The Bertz CT molecular complexity index is 342. The Balaban J connectivity index is 1.73. The lowest BCUT2D eigenvalue weighted by molar-refractivity contribution is 0.133. The molecule has 0 aromatic carbocycles. The molecule has 0 spiro atoms. The van der Waals surface area contributed by atoms with E-state index in [0.717, 1.165) is 17.4 Å². The predicted octanol–water partition coefficient (Wildman–Crippen LogP) is 3.29. The van der Waals surface area contributed by atoms with Crippen molar-refractivity contribution in [3.8, 4) is 0 Å². The van der Waals surface area contributed by atoms with Gasteiger partial charge in [-0.05, 0) is 43.4 Å². The Morgan fingerprint density at radius 1 is 1.29 bits per heavy atom. The molecule has 96 valence electrons. The summed E-state index contributed by atoms with van der Waals surface area (Å²) in [7, 11) is 0. The second-order valence-electron chi connectivity index (χ2n) is 4.82. The van der Waals surface area contributed by atoms with Gasteiger partial charge >= 0.3 is 0 Å². The van der Waals surface area contributed by atoms with Gasteiger partial charge in [-0.15, -0.1) is 11.3 Å². The monoisotopic (exact) mass is 273 g/mol. The van der Waals surface area contributed by atoms with Gasteiger partial charge in [0.05, 0.1) is 4.34 Å². The zero-order valence-electron chi connectivity index (χ0n) is 9.99. The maximum Gasteiger partial charge on any atom is 0.0931 e. The number of halogens is 1. The van der Waals surface area contributed by atoms with Crippen molar-refractivity contribution in [3.63, 3.8) is 0 Å². The molecule has 1 aromatic heterocycles. The molecule has 17 heavy (non-hydrogen) atoms. The molecule has 0 amide bonds. The predicted molar refractivity (Wildman–Crippen MR) is 73.6 cm³/mol. The Kier molecular flexibility index (Phi) is 5.29. The molecule has 1 aliphatic rings. The molecule has 0 radical (unpaired) electrons. The molecule has 0 bridgehead atoms. The zero-order valence-corrected chi connectivity index (χ0v) is 11.6. The third kappa shape index (κ3) is 3.95. The molecule has 0 aliphatic heterocycles. The summed E-state index contributed by atoms with van der Waals surface area (Å²) in [5.74, 6) is 1.15. The summed E-state index contributed by atoms with van der Waals surface area (Å²) in [5, 5.41) is 12.8. The fourth-order valence-electron chi connectivity index (χ4n) is 2.62. The molecule has 2 nitrogen and oxygen atoms in total. The SMILES string of the molecule is OCC1CCCCC1CNCc1ccc(Cl)s1. The first kappa shape index (κ1) is 13.3. The first-order valence-corrected chi connectivity index (χ1v) is 7.55. The molecule has 1 aliphatic carbocycles. The van der Waals surface area contributed by atoms with E-state index in [1.54, 1.807) is 11.3 Å². The van der Waals surface area contributed by atoms with Gasteiger partial charge in [0.25, 0.3) is 0 Å². The number of aliphatic hydroxyl groups is 1. The van der Waals surface area contributed by atoms with Crippen LogP contribution < -0.4 is 5.32 Å². The molecule has 0 saturated heterocycles. The molecular weight excluding hydrogens is 254 g/mol. The van der Waals surface area contributed by atoms with Gasteiger partial charge in [0.1, 0.15) is 0 Å². The van der Waals surface area contributed by atoms with Crippen LogP contribution in [0.15, 0.2) is 12.1 Å². The van der Waals surface area contributed by atoms with E-state index in [-0.39, 0.29) is 0 Å². The van der Waals surface area contributed by atoms with E-state index >= 15 is 0 Å². The topological polar surface area (TPSA) is 32.3 Å². The molecule has 1 saturated carbocycles. The van der Waals surface area contributed by atoms with E-state index in [2.05, 4.69) is 11.4 Å². The summed E-state index contributed by atoms with van der Waals surface area (Å²) in [4.78, 5) is 1.28. The fourth-order valence-corrected chi connectivity index (χ4v) is 3.68. The van der Waals surface area contributed by atoms with Crippen LogP contribution in [0.25, 0.3) is 0 Å². The Hall–Kier alpha value is -0.0900. The van der Waals surface area contributed by atoms with Gasteiger partial charge in [0, 0.05) is 18.0 Å². The molecule has 2 rings (SSSR count). The zero-order chi connectivity index (χ0) is 12.1. The second kappa shape index (κ2) is 6.74. The van der Waals surface area contributed by atoms with Crippen LogP contribution in [0.1, 0.15) is 30.6 Å². The van der Waals surface area contributed by atoms with Gasteiger partial charge < -0.3 is 10.4 Å². The van der Waals surface area contributed by atoms with Crippen LogP contribution in [0.5, 0.6) is 0 Å².